The minimum atomic E-state index is -0.672. The summed E-state index contributed by atoms with van der Waals surface area (Å²) in [5, 5.41) is 4.19. The Labute approximate surface area is 175 Å². The standard InChI is InChI=1S/C23H26N4O3/c1-16-5-3-6-17(13-16)14-26-15-23-8-7-18(30-23)19(20(23)22(26)29)21(28)25(2)11-12-27-10-4-9-24-27/h3-10,13,18-20H,11-12,14-15H2,1-2H3/t18-,19-,20-,23-/m0/s1. The largest absolute Gasteiger partial charge is 0.360 e. The van der Waals surface area contributed by atoms with Crippen molar-refractivity contribution in [3.63, 3.8) is 0 Å². The predicted octanol–water partition coefficient (Wildman–Crippen LogP) is 1.63. The fourth-order valence-electron chi connectivity index (χ4n) is 5.07. The van der Waals surface area contributed by atoms with E-state index in [2.05, 4.69) is 11.2 Å². The maximum Gasteiger partial charge on any atom is 0.230 e. The van der Waals surface area contributed by atoms with Crippen LogP contribution in [0.25, 0.3) is 0 Å². The molecule has 3 aliphatic rings. The number of rotatable bonds is 6. The molecule has 0 saturated carbocycles. The molecule has 2 fully saturated rings. The monoisotopic (exact) mass is 406 g/mol. The molecular formula is C23H26N4O3. The summed E-state index contributed by atoms with van der Waals surface area (Å²) in [7, 11) is 1.79. The summed E-state index contributed by atoms with van der Waals surface area (Å²) >= 11 is 0. The summed E-state index contributed by atoms with van der Waals surface area (Å²) < 4.78 is 8.04. The van der Waals surface area contributed by atoms with Crippen LogP contribution in [0.1, 0.15) is 11.1 Å². The van der Waals surface area contributed by atoms with Crippen LogP contribution in [0.4, 0.5) is 0 Å². The Morgan fingerprint density at radius 1 is 1.37 bits per heavy atom. The Balaban J connectivity index is 1.32. The molecule has 3 aliphatic heterocycles. The first-order valence-corrected chi connectivity index (χ1v) is 10.4. The van der Waals surface area contributed by atoms with Gasteiger partial charge < -0.3 is 14.5 Å². The zero-order valence-electron chi connectivity index (χ0n) is 17.3. The summed E-state index contributed by atoms with van der Waals surface area (Å²) in [4.78, 5) is 30.2. The Hall–Kier alpha value is -2.93. The highest BCUT2D eigenvalue weighted by atomic mass is 16.5. The van der Waals surface area contributed by atoms with Crippen molar-refractivity contribution in [2.24, 2.45) is 11.8 Å². The van der Waals surface area contributed by atoms with Gasteiger partial charge in [0.25, 0.3) is 0 Å². The third kappa shape index (κ3) is 3.04. The van der Waals surface area contributed by atoms with Gasteiger partial charge in [-0.25, -0.2) is 0 Å². The lowest BCUT2D eigenvalue weighted by Gasteiger charge is -2.27. The second kappa shape index (κ2) is 7.09. The van der Waals surface area contributed by atoms with E-state index in [0.717, 1.165) is 5.56 Å². The molecule has 0 radical (unpaired) electrons. The number of ether oxygens (including phenoxy) is 1. The van der Waals surface area contributed by atoms with Gasteiger partial charge in [0.2, 0.25) is 11.8 Å². The Bertz CT molecular complexity index is 1000. The van der Waals surface area contributed by atoms with Gasteiger partial charge in [0.15, 0.2) is 0 Å². The summed E-state index contributed by atoms with van der Waals surface area (Å²) in [5.41, 5.74) is 1.59. The van der Waals surface area contributed by atoms with Gasteiger partial charge in [-0.05, 0) is 18.6 Å². The number of carbonyl (C=O) groups excluding carboxylic acids is 2. The minimum Gasteiger partial charge on any atom is -0.360 e. The van der Waals surface area contributed by atoms with Crippen molar-refractivity contribution in [3.8, 4) is 0 Å². The average molecular weight is 406 g/mol. The number of aryl methyl sites for hydroxylation is 1. The minimum absolute atomic E-state index is 0.0159. The molecule has 0 unspecified atom stereocenters. The van der Waals surface area contributed by atoms with Gasteiger partial charge in [-0.1, -0.05) is 42.0 Å². The smallest absolute Gasteiger partial charge is 0.230 e. The van der Waals surface area contributed by atoms with Crippen molar-refractivity contribution in [2.45, 2.75) is 31.7 Å². The van der Waals surface area contributed by atoms with Crippen molar-refractivity contribution in [1.82, 2.24) is 19.6 Å². The fourth-order valence-corrected chi connectivity index (χ4v) is 5.07. The molecule has 1 spiro atoms. The number of amides is 2. The molecule has 0 aliphatic carbocycles. The molecule has 2 aromatic rings. The van der Waals surface area contributed by atoms with Crippen LogP contribution in [0.15, 0.2) is 54.9 Å². The molecule has 4 heterocycles. The van der Waals surface area contributed by atoms with E-state index in [4.69, 9.17) is 4.74 Å². The Morgan fingerprint density at radius 2 is 2.23 bits per heavy atom. The number of hydrogen-bond donors (Lipinski definition) is 0. The summed E-state index contributed by atoms with van der Waals surface area (Å²) in [6, 6.07) is 10.0. The van der Waals surface area contributed by atoms with Crippen molar-refractivity contribution in [1.29, 1.82) is 0 Å². The fraction of sp³-hybridized carbons (Fsp3) is 0.435. The first kappa shape index (κ1) is 19.1. The molecule has 30 heavy (non-hydrogen) atoms. The maximum absolute atomic E-state index is 13.4. The Kier molecular flexibility index (Phi) is 4.50. The molecule has 4 atom stereocenters. The van der Waals surface area contributed by atoms with E-state index in [1.807, 2.05) is 54.4 Å². The molecule has 1 aromatic carbocycles. The highest BCUT2D eigenvalue weighted by Crippen LogP contribution is 2.52. The molecule has 2 saturated heterocycles. The second-order valence-corrected chi connectivity index (χ2v) is 8.61. The maximum atomic E-state index is 13.4. The average Bonchev–Trinajstić information content (AvgIpc) is 3.49. The van der Waals surface area contributed by atoms with Crippen LogP contribution in [-0.2, 0) is 27.4 Å². The number of nitrogens with zero attached hydrogens (tertiary/aromatic N) is 4. The number of carbonyl (C=O) groups is 2. The van der Waals surface area contributed by atoms with E-state index in [9.17, 15) is 9.59 Å². The third-order valence-electron chi connectivity index (χ3n) is 6.52. The van der Waals surface area contributed by atoms with Crippen LogP contribution >= 0.6 is 0 Å². The third-order valence-corrected chi connectivity index (χ3v) is 6.52. The zero-order valence-corrected chi connectivity index (χ0v) is 17.3. The lowest BCUT2D eigenvalue weighted by atomic mass is 9.76. The van der Waals surface area contributed by atoms with E-state index < -0.39 is 17.4 Å². The number of likely N-dealkylation sites (tertiary alicyclic amines) is 1. The number of benzene rings is 1. The van der Waals surface area contributed by atoms with Gasteiger partial charge >= 0.3 is 0 Å². The quantitative estimate of drug-likeness (QED) is 0.684. The molecule has 1 aromatic heterocycles. The van der Waals surface area contributed by atoms with Crippen LogP contribution in [-0.4, -0.2) is 63.2 Å². The normalized spacial score (nSPS) is 28.9. The van der Waals surface area contributed by atoms with Gasteiger partial charge in [0.05, 0.1) is 31.0 Å². The number of likely N-dealkylation sites (N-methyl/N-ethyl adjacent to an activating group) is 1. The molecule has 2 bridgehead atoms. The summed E-state index contributed by atoms with van der Waals surface area (Å²) in [6.07, 6.45) is 7.24. The highest BCUT2D eigenvalue weighted by Gasteiger charge is 2.67. The molecule has 5 rings (SSSR count). The van der Waals surface area contributed by atoms with Gasteiger partial charge in [-0.2, -0.15) is 5.10 Å². The van der Waals surface area contributed by atoms with Gasteiger partial charge in [0.1, 0.15) is 5.60 Å². The summed E-state index contributed by atoms with van der Waals surface area (Å²) in [6.45, 7) is 4.24. The van der Waals surface area contributed by atoms with Crippen molar-refractivity contribution in [3.05, 3.63) is 66.0 Å². The van der Waals surface area contributed by atoms with Crippen molar-refractivity contribution < 1.29 is 14.3 Å². The van der Waals surface area contributed by atoms with Gasteiger partial charge in [-0.3, -0.25) is 14.3 Å². The van der Waals surface area contributed by atoms with Crippen LogP contribution in [0.5, 0.6) is 0 Å². The first-order chi connectivity index (χ1) is 14.5. The van der Waals surface area contributed by atoms with E-state index >= 15 is 0 Å². The van der Waals surface area contributed by atoms with Gasteiger partial charge in [0, 0.05) is 32.5 Å². The zero-order chi connectivity index (χ0) is 20.9. The molecule has 2 amide bonds. The molecule has 7 nitrogen and oxygen atoms in total. The van der Waals surface area contributed by atoms with E-state index in [1.165, 1.54) is 5.56 Å². The SMILES string of the molecule is Cc1cccc(CN2C[C@]34C=C[C@H](O3)[C@H](C(=O)N(C)CCn3cccn3)[C@H]4C2=O)c1. The predicted molar refractivity (Wildman–Crippen MR) is 110 cm³/mol. The van der Waals surface area contributed by atoms with Crippen LogP contribution < -0.4 is 0 Å². The Morgan fingerprint density at radius 3 is 3.00 bits per heavy atom. The van der Waals surface area contributed by atoms with Crippen LogP contribution in [0, 0.1) is 18.8 Å². The van der Waals surface area contributed by atoms with Crippen molar-refractivity contribution in [2.75, 3.05) is 20.1 Å². The van der Waals surface area contributed by atoms with Crippen LogP contribution in [0.2, 0.25) is 0 Å². The van der Waals surface area contributed by atoms with Gasteiger partial charge in [-0.15, -0.1) is 0 Å². The number of fused-ring (bicyclic) bond motifs is 1. The molecule has 156 valence electrons. The van der Waals surface area contributed by atoms with E-state index in [-0.39, 0.29) is 17.9 Å². The molecular weight excluding hydrogens is 380 g/mol. The van der Waals surface area contributed by atoms with E-state index in [1.54, 1.807) is 22.8 Å². The first-order valence-electron chi connectivity index (χ1n) is 10.4. The molecule has 0 N–H and O–H groups in total. The summed E-state index contributed by atoms with van der Waals surface area (Å²) in [5.74, 6) is -0.930. The van der Waals surface area contributed by atoms with Crippen molar-refractivity contribution >= 4 is 11.8 Å². The number of hydrogen-bond acceptors (Lipinski definition) is 4. The second-order valence-electron chi connectivity index (χ2n) is 8.61. The van der Waals surface area contributed by atoms with E-state index in [0.29, 0.717) is 26.2 Å². The molecule has 7 heteroatoms. The highest BCUT2D eigenvalue weighted by molar-refractivity contribution is 5.93. The topological polar surface area (TPSA) is 67.7 Å². The lowest BCUT2D eigenvalue weighted by molar-refractivity contribution is -0.142. The lowest BCUT2D eigenvalue weighted by Crippen LogP contribution is -2.45. The number of aromatic nitrogens is 2. The van der Waals surface area contributed by atoms with Crippen LogP contribution in [0.3, 0.4) is 0 Å².